The minimum Gasteiger partial charge on any atom is -0.282 e. The van der Waals surface area contributed by atoms with Crippen molar-refractivity contribution >= 4 is 26.4 Å². The van der Waals surface area contributed by atoms with Gasteiger partial charge in [0, 0.05) is 28.2 Å². The molecular weight excluding hydrogens is 299 g/mol. The Hall–Kier alpha value is -0.380. The van der Waals surface area contributed by atoms with E-state index in [0.29, 0.717) is 0 Å². The van der Waals surface area contributed by atoms with Crippen molar-refractivity contribution in [3.63, 3.8) is 0 Å². The van der Waals surface area contributed by atoms with Gasteiger partial charge in [0.15, 0.2) is 0 Å². The van der Waals surface area contributed by atoms with Gasteiger partial charge >= 0.3 is 0 Å². The Balaban J connectivity index is 2.11. The fourth-order valence-electron chi connectivity index (χ4n) is 2.32. The third kappa shape index (κ3) is 2.80. The number of halogens is 1. The van der Waals surface area contributed by atoms with E-state index in [1.54, 1.807) is 0 Å². The third-order valence-electron chi connectivity index (χ3n) is 3.21. The molecule has 0 unspecified atom stereocenters. The maximum Gasteiger partial charge on any atom is 0.222 e. The molecule has 0 radical (unpaired) electrons. The van der Waals surface area contributed by atoms with Crippen molar-refractivity contribution in [2.45, 2.75) is 38.0 Å². The second-order valence-corrected chi connectivity index (χ2v) is 5.21. The molecule has 0 amide bonds. The first kappa shape index (κ1) is 11.1. The van der Waals surface area contributed by atoms with E-state index >= 15 is 0 Å². The van der Waals surface area contributed by atoms with Crippen molar-refractivity contribution in [2.75, 3.05) is 0 Å². The Bertz CT molecular complexity index is 336. The summed E-state index contributed by atoms with van der Waals surface area (Å²) in [6.07, 6.45) is 6.74. The Labute approximate surface area is 104 Å². The van der Waals surface area contributed by atoms with Gasteiger partial charge in [-0.25, -0.2) is 0 Å². The van der Waals surface area contributed by atoms with E-state index in [2.05, 4.69) is 12.1 Å². The zero-order valence-corrected chi connectivity index (χ0v) is 10.9. The van der Waals surface area contributed by atoms with Crippen LogP contribution in [0, 0.1) is 0 Å². The van der Waals surface area contributed by atoms with E-state index in [4.69, 9.17) is 0 Å². The van der Waals surface area contributed by atoms with Gasteiger partial charge in [0.2, 0.25) is 3.79 Å². The first-order valence-electron chi connectivity index (χ1n) is 5.57. The second-order valence-electron chi connectivity index (χ2n) is 4.23. The van der Waals surface area contributed by atoms with Gasteiger partial charge in [0.25, 0.3) is 0 Å². The molecule has 2 rings (SSSR count). The van der Waals surface area contributed by atoms with Crippen molar-refractivity contribution in [1.82, 2.24) is 0 Å². The van der Waals surface area contributed by atoms with Crippen molar-refractivity contribution in [3.05, 3.63) is 35.4 Å². The van der Waals surface area contributed by atoms with Gasteiger partial charge in [0.05, 0.1) is 0 Å². The number of carbonyl (C=O) groups excluding carboxylic acids is 1. The maximum absolute atomic E-state index is 11.1. The summed E-state index contributed by atoms with van der Waals surface area (Å²) in [5.41, 5.74) is 2.23. The number of rotatable bonds is 2. The van der Waals surface area contributed by atoms with Crippen LogP contribution in [0.1, 0.15) is 53.9 Å². The molecule has 0 bridgehead atoms. The lowest BCUT2D eigenvalue weighted by molar-refractivity contribution is 0.110. The lowest BCUT2D eigenvalue weighted by atomic mass is 9.84. The summed E-state index contributed by atoms with van der Waals surface area (Å²) in [6.45, 7) is 0. The smallest absolute Gasteiger partial charge is 0.222 e. The Kier molecular flexibility index (Phi) is 3.78. The lowest BCUT2D eigenvalue weighted by Gasteiger charge is -2.21. The average Bonchev–Trinajstić information content (AvgIpc) is 2.30. The van der Waals surface area contributed by atoms with Crippen LogP contribution < -0.4 is 0 Å². The molecule has 15 heavy (non-hydrogen) atoms. The van der Waals surface area contributed by atoms with E-state index in [1.165, 1.54) is 37.7 Å². The molecule has 1 aliphatic carbocycles. The molecule has 0 aliphatic heterocycles. The Morgan fingerprint density at radius 3 is 2.20 bits per heavy atom. The van der Waals surface area contributed by atoms with Crippen LogP contribution in [0.3, 0.4) is 0 Å². The van der Waals surface area contributed by atoms with Crippen molar-refractivity contribution in [1.29, 1.82) is 0 Å². The minimum atomic E-state index is 0.128. The van der Waals surface area contributed by atoms with Gasteiger partial charge < -0.3 is 0 Å². The molecule has 0 saturated heterocycles. The summed E-state index contributed by atoms with van der Waals surface area (Å²) < 4.78 is 0.128. The van der Waals surface area contributed by atoms with E-state index in [-0.39, 0.29) is 3.79 Å². The highest BCUT2D eigenvalue weighted by Gasteiger charge is 2.15. The lowest BCUT2D eigenvalue weighted by Crippen LogP contribution is -2.04. The van der Waals surface area contributed by atoms with Gasteiger partial charge in [-0.15, -0.1) is 0 Å². The molecular formula is C13H15IO. The molecule has 0 heterocycles. The first-order chi connectivity index (χ1) is 7.27. The van der Waals surface area contributed by atoms with Crippen LogP contribution in [0.4, 0.5) is 0 Å². The molecule has 1 saturated carbocycles. The van der Waals surface area contributed by atoms with E-state index in [1.807, 2.05) is 34.7 Å². The highest BCUT2D eigenvalue weighted by Crippen LogP contribution is 2.32. The van der Waals surface area contributed by atoms with Crippen LogP contribution in [0.2, 0.25) is 0 Å². The summed E-state index contributed by atoms with van der Waals surface area (Å²) in [6, 6.07) is 8.17. The quantitative estimate of drug-likeness (QED) is 0.587. The standard InChI is InChI=1S/C13H15IO/c14-13(15)12-8-6-11(7-9-12)10-4-2-1-3-5-10/h6-10H,1-5H2. The Morgan fingerprint density at radius 2 is 1.67 bits per heavy atom. The highest BCUT2D eigenvalue weighted by atomic mass is 127. The topological polar surface area (TPSA) is 17.1 Å². The molecule has 2 heteroatoms. The molecule has 1 aliphatic rings. The summed E-state index contributed by atoms with van der Waals surface area (Å²) in [5.74, 6) is 0.733. The van der Waals surface area contributed by atoms with Crippen LogP contribution in [-0.2, 0) is 0 Å². The summed E-state index contributed by atoms with van der Waals surface area (Å²) in [5, 5.41) is 0. The van der Waals surface area contributed by atoms with Gasteiger partial charge in [-0.2, -0.15) is 0 Å². The van der Waals surface area contributed by atoms with E-state index in [0.717, 1.165) is 11.5 Å². The molecule has 1 fully saturated rings. The predicted octanol–water partition coefficient (Wildman–Crippen LogP) is 4.31. The molecule has 0 spiro atoms. The molecule has 0 aromatic heterocycles. The summed E-state index contributed by atoms with van der Waals surface area (Å²) in [7, 11) is 0. The van der Waals surface area contributed by atoms with Crippen molar-refractivity contribution in [3.8, 4) is 0 Å². The van der Waals surface area contributed by atoms with Crippen molar-refractivity contribution < 1.29 is 4.79 Å². The maximum atomic E-state index is 11.1. The zero-order chi connectivity index (χ0) is 10.7. The van der Waals surface area contributed by atoms with Gasteiger partial charge in [-0.05, 0) is 24.3 Å². The molecule has 1 aromatic rings. The van der Waals surface area contributed by atoms with Gasteiger partial charge in [-0.3, -0.25) is 4.79 Å². The molecule has 80 valence electrons. The monoisotopic (exact) mass is 314 g/mol. The predicted molar refractivity (Wildman–Crippen MR) is 70.6 cm³/mol. The van der Waals surface area contributed by atoms with E-state index < -0.39 is 0 Å². The average molecular weight is 314 g/mol. The van der Waals surface area contributed by atoms with Crippen LogP contribution in [0.25, 0.3) is 0 Å². The zero-order valence-electron chi connectivity index (χ0n) is 8.71. The van der Waals surface area contributed by atoms with E-state index in [9.17, 15) is 4.79 Å². The van der Waals surface area contributed by atoms with Crippen LogP contribution in [-0.4, -0.2) is 3.79 Å². The fourth-order valence-corrected chi connectivity index (χ4v) is 2.68. The molecule has 1 aromatic carbocycles. The number of benzene rings is 1. The van der Waals surface area contributed by atoms with Crippen molar-refractivity contribution in [2.24, 2.45) is 0 Å². The minimum absolute atomic E-state index is 0.128. The summed E-state index contributed by atoms with van der Waals surface area (Å²) in [4.78, 5) is 11.1. The summed E-state index contributed by atoms with van der Waals surface area (Å²) >= 11 is 1.84. The molecule has 1 nitrogen and oxygen atoms in total. The fraction of sp³-hybridized carbons (Fsp3) is 0.462. The Morgan fingerprint density at radius 1 is 1.07 bits per heavy atom. The highest BCUT2D eigenvalue weighted by molar-refractivity contribution is 14.1. The molecule has 0 atom stereocenters. The largest absolute Gasteiger partial charge is 0.282 e. The number of hydrogen-bond acceptors (Lipinski definition) is 1. The first-order valence-corrected chi connectivity index (χ1v) is 6.65. The third-order valence-corrected chi connectivity index (χ3v) is 3.84. The van der Waals surface area contributed by atoms with Gasteiger partial charge in [-0.1, -0.05) is 43.5 Å². The number of hydrogen-bond donors (Lipinski definition) is 0. The molecule has 0 N–H and O–H groups in total. The number of carbonyl (C=O) groups is 1. The second kappa shape index (κ2) is 5.10. The SMILES string of the molecule is O=C(I)c1ccc(C2CCCCC2)cc1. The normalized spacial score (nSPS) is 17.7. The van der Waals surface area contributed by atoms with Crippen LogP contribution in [0.15, 0.2) is 24.3 Å². The van der Waals surface area contributed by atoms with Crippen LogP contribution >= 0.6 is 22.6 Å². The van der Waals surface area contributed by atoms with Crippen LogP contribution in [0.5, 0.6) is 0 Å². The van der Waals surface area contributed by atoms with Gasteiger partial charge in [0.1, 0.15) is 0 Å².